The summed E-state index contributed by atoms with van der Waals surface area (Å²) in [5.41, 5.74) is -0.104. The monoisotopic (exact) mass is 379 g/mol. The van der Waals surface area contributed by atoms with Crippen molar-refractivity contribution in [1.82, 2.24) is 0 Å². The van der Waals surface area contributed by atoms with Crippen LogP contribution in [0.5, 0.6) is 11.5 Å². The van der Waals surface area contributed by atoms with Crippen LogP contribution in [-0.4, -0.2) is 30.1 Å². The third-order valence-electron chi connectivity index (χ3n) is 3.25. The molecular formula is C17H14ClNO7. The summed E-state index contributed by atoms with van der Waals surface area (Å²) in [4.78, 5) is 34.0. The van der Waals surface area contributed by atoms with Crippen LogP contribution < -0.4 is 9.47 Å². The van der Waals surface area contributed by atoms with Crippen molar-refractivity contribution in [2.45, 2.75) is 13.0 Å². The summed E-state index contributed by atoms with van der Waals surface area (Å²) < 4.78 is 15.2. The quantitative estimate of drug-likeness (QED) is 0.327. The Morgan fingerprint density at radius 2 is 1.81 bits per heavy atom. The molecule has 0 aliphatic rings. The molecule has 0 spiro atoms. The number of methoxy groups -OCH3 is 1. The summed E-state index contributed by atoms with van der Waals surface area (Å²) >= 11 is 5.84. The standard InChI is InChI=1S/C17H14ClNO7/c1-10(25-13-6-4-12(5-7-13)19(22)23)16(20)26-15-8-3-11(18)9-14(15)17(21)24-2/h3-10H,1-2H3. The van der Waals surface area contributed by atoms with Crippen molar-refractivity contribution in [3.8, 4) is 11.5 Å². The predicted octanol–water partition coefficient (Wildman–Crippen LogP) is 3.41. The number of esters is 2. The molecule has 8 nitrogen and oxygen atoms in total. The zero-order valence-electron chi connectivity index (χ0n) is 13.8. The van der Waals surface area contributed by atoms with Crippen LogP contribution in [0.2, 0.25) is 5.02 Å². The maximum Gasteiger partial charge on any atom is 0.352 e. The number of nitro benzene ring substituents is 1. The fourth-order valence-corrected chi connectivity index (χ4v) is 2.12. The molecule has 2 rings (SSSR count). The summed E-state index contributed by atoms with van der Waals surface area (Å²) in [5, 5.41) is 10.9. The van der Waals surface area contributed by atoms with E-state index < -0.39 is 23.0 Å². The van der Waals surface area contributed by atoms with Crippen LogP contribution in [0.15, 0.2) is 42.5 Å². The minimum absolute atomic E-state index is 0.00381. The van der Waals surface area contributed by atoms with Crippen molar-refractivity contribution in [1.29, 1.82) is 0 Å². The van der Waals surface area contributed by atoms with Gasteiger partial charge in [0.1, 0.15) is 17.1 Å². The highest BCUT2D eigenvalue weighted by Crippen LogP contribution is 2.25. The molecule has 1 unspecified atom stereocenters. The van der Waals surface area contributed by atoms with E-state index in [2.05, 4.69) is 4.74 Å². The van der Waals surface area contributed by atoms with Gasteiger partial charge in [-0.1, -0.05) is 11.6 Å². The van der Waals surface area contributed by atoms with E-state index in [1.54, 1.807) is 0 Å². The molecule has 9 heteroatoms. The molecule has 0 radical (unpaired) electrons. The normalized spacial score (nSPS) is 11.3. The van der Waals surface area contributed by atoms with Crippen molar-refractivity contribution in [2.75, 3.05) is 7.11 Å². The number of benzene rings is 2. The van der Waals surface area contributed by atoms with Gasteiger partial charge in [0.05, 0.1) is 12.0 Å². The van der Waals surface area contributed by atoms with Crippen LogP contribution in [0, 0.1) is 10.1 Å². The highest BCUT2D eigenvalue weighted by atomic mass is 35.5. The third kappa shape index (κ3) is 4.70. The van der Waals surface area contributed by atoms with Gasteiger partial charge in [-0.15, -0.1) is 0 Å². The number of non-ortho nitro benzene ring substituents is 1. The molecule has 0 saturated carbocycles. The zero-order chi connectivity index (χ0) is 19.3. The Morgan fingerprint density at radius 3 is 2.38 bits per heavy atom. The van der Waals surface area contributed by atoms with Gasteiger partial charge in [0, 0.05) is 17.2 Å². The minimum atomic E-state index is -1.03. The van der Waals surface area contributed by atoms with Gasteiger partial charge in [-0.05, 0) is 37.3 Å². The van der Waals surface area contributed by atoms with E-state index in [0.717, 1.165) is 0 Å². The average molecular weight is 380 g/mol. The first kappa shape index (κ1) is 19.2. The lowest BCUT2D eigenvalue weighted by molar-refractivity contribution is -0.384. The van der Waals surface area contributed by atoms with E-state index in [-0.39, 0.29) is 27.8 Å². The molecule has 26 heavy (non-hydrogen) atoms. The molecule has 0 N–H and O–H groups in total. The molecule has 2 aromatic rings. The van der Waals surface area contributed by atoms with E-state index in [0.29, 0.717) is 0 Å². The predicted molar refractivity (Wildman–Crippen MR) is 91.6 cm³/mol. The SMILES string of the molecule is COC(=O)c1cc(Cl)ccc1OC(=O)C(C)Oc1ccc([N+](=O)[O-])cc1. The van der Waals surface area contributed by atoms with E-state index in [1.807, 2.05) is 0 Å². The van der Waals surface area contributed by atoms with Crippen LogP contribution in [-0.2, 0) is 9.53 Å². The molecule has 0 fully saturated rings. The Kier molecular flexibility index (Phi) is 6.13. The number of carbonyl (C=O) groups excluding carboxylic acids is 2. The number of hydrogen-bond donors (Lipinski definition) is 0. The number of halogens is 1. The van der Waals surface area contributed by atoms with Crippen LogP contribution in [0.25, 0.3) is 0 Å². The van der Waals surface area contributed by atoms with Crippen LogP contribution in [0.3, 0.4) is 0 Å². The van der Waals surface area contributed by atoms with Gasteiger partial charge < -0.3 is 14.2 Å². The number of rotatable bonds is 6. The molecule has 0 aliphatic carbocycles. The van der Waals surface area contributed by atoms with Crippen LogP contribution in [0.4, 0.5) is 5.69 Å². The molecule has 0 heterocycles. The summed E-state index contributed by atoms with van der Waals surface area (Å²) in [6.07, 6.45) is -1.03. The van der Waals surface area contributed by atoms with Gasteiger partial charge >= 0.3 is 11.9 Å². The minimum Gasteiger partial charge on any atom is -0.479 e. The van der Waals surface area contributed by atoms with E-state index in [4.69, 9.17) is 21.1 Å². The topological polar surface area (TPSA) is 105 Å². The maximum atomic E-state index is 12.2. The van der Waals surface area contributed by atoms with Gasteiger partial charge in [-0.25, -0.2) is 9.59 Å². The van der Waals surface area contributed by atoms with Crippen molar-refractivity contribution in [3.63, 3.8) is 0 Å². The summed E-state index contributed by atoms with van der Waals surface area (Å²) in [6, 6.07) is 9.37. The number of hydrogen-bond acceptors (Lipinski definition) is 7. The van der Waals surface area contributed by atoms with E-state index in [1.165, 1.54) is 56.5 Å². The first-order chi connectivity index (χ1) is 12.3. The van der Waals surface area contributed by atoms with Crippen LogP contribution >= 0.6 is 11.6 Å². The fraction of sp³-hybridized carbons (Fsp3) is 0.176. The number of carbonyl (C=O) groups is 2. The Bertz CT molecular complexity index is 836. The van der Waals surface area contributed by atoms with Crippen molar-refractivity contribution >= 4 is 29.2 Å². The molecule has 0 aliphatic heterocycles. The number of nitrogens with zero attached hydrogens (tertiary/aromatic N) is 1. The van der Waals surface area contributed by atoms with Gasteiger partial charge in [0.15, 0.2) is 6.10 Å². The Hall–Kier alpha value is -3.13. The molecular weight excluding hydrogens is 366 g/mol. The second kappa shape index (κ2) is 8.30. The van der Waals surface area contributed by atoms with Crippen molar-refractivity contribution in [2.24, 2.45) is 0 Å². The Labute approximate surface area is 153 Å². The fourth-order valence-electron chi connectivity index (χ4n) is 1.95. The highest BCUT2D eigenvalue weighted by Gasteiger charge is 2.22. The van der Waals surface area contributed by atoms with Gasteiger partial charge in [0.2, 0.25) is 0 Å². The lowest BCUT2D eigenvalue weighted by Crippen LogP contribution is -2.29. The van der Waals surface area contributed by atoms with Crippen molar-refractivity contribution in [3.05, 3.63) is 63.2 Å². The first-order valence-electron chi connectivity index (χ1n) is 7.32. The second-order valence-electron chi connectivity index (χ2n) is 5.06. The summed E-state index contributed by atoms with van der Waals surface area (Å²) in [5.74, 6) is -1.25. The highest BCUT2D eigenvalue weighted by molar-refractivity contribution is 6.31. The third-order valence-corrected chi connectivity index (χ3v) is 3.48. The van der Waals surface area contributed by atoms with Crippen molar-refractivity contribution < 1.29 is 28.7 Å². The van der Waals surface area contributed by atoms with Gasteiger partial charge in [-0.3, -0.25) is 10.1 Å². The Morgan fingerprint density at radius 1 is 1.15 bits per heavy atom. The van der Waals surface area contributed by atoms with Gasteiger partial charge in [-0.2, -0.15) is 0 Å². The first-order valence-corrected chi connectivity index (χ1v) is 7.70. The molecule has 0 saturated heterocycles. The lowest BCUT2D eigenvalue weighted by atomic mass is 10.2. The zero-order valence-corrected chi connectivity index (χ0v) is 14.6. The Balaban J connectivity index is 2.09. The number of ether oxygens (including phenoxy) is 3. The van der Waals surface area contributed by atoms with E-state index >= 15 is 0 Å². The average Bonchev–Trinajstić information content (AvgIpc) is 2.62. The van der Waals surface area contributed by atoms with E-state index in [9.17, 15) is 19.7 Å². The largest absolute Gasteiger partial charge is 0.479 e. The summed E-state index contributed by atoms with van der Waals surface area (Å²) in [6.45, 7) is 1.44. The smallest absolute Gasteiger partial charge is 0.352 e. The molecule has 0 amide bonds. The molecule has 0 bridgehead atoms. The van der Waals surface area contributed by atoms with Crippen LogP contribution in [0.1, 0.15) is 17.3 Å². The number of nitro groups is 1. The second-order valence-corrected chi connectivity index (χ2v) is 5.50. The lowest BCUT2D eigenvalue weighted by Gasteiger charge is -2.15. The van der Waals surface area contributed by atoms with Gasteiger partial charge in [0.25, 0.3) is 5.69 Å². The molecule has 1 atom stereocenters. The molecule has 136 valence electrons. The maximum absolute atomic E-state index is 12.2. The molecule has 0 aromatic heterocycles. The summed E-state index contributed by atoms with van der Waals surface area (Å²) in [7, 11) is 1.19. The molecule has 2 aromatic carbocycles.